The standard InChI is InChI=1S/C13H12BrN3O4S/c1-15(7-10-3-4-11(14)22-10)13(19)8-16-6-9(17(20)21)2-5-12(16)18/h2-6H,7-8H2,1H3. The van der Waals surface area contributed by atoms with Crippen LogP contribution in [0.25, 0.3) is 0 Å². The Morgan fingerprint density at radius 2 is 2.14 bits per heavy atom. The minimum absolute atomic E-state index is 0.225. The summed E-state index contributed by atoms with van der Waals surface area (Å²) in [6.45, 7) is 0.183. The number of thiophene rings is 1. The van der Waals surface area contributed by atoms with Crippen LogP contribution in [0.1, 0.15) is 4.88 Å². The molecule has 0 aromatic carbocycles. The van der Waals surface area contributed by atoms with Crippen molar-refractivity contribution in [2.24, 2.45) is 0 Å². The number of likely N-dealkylation sites (N-methyl/N-ethyl adjacent to an activating group) is 1. The van der Waals surface area contributed by atoms with Gasteiger partial charge < -0.3 is 4.90 Å². The third-order valence-corrected chi connectivity index (χ3v) is 4.54. The van der Waals surface area contributed by atoms with Crippen molar-refractivity contribution in [3.05, 3.63) is 59.6 Å². The smallest absolute Gasteiger partial charge is 0.285 e. The first-order valence-corrected chi connectivity index (χ1v) is 7.81. The van der Waals surface area contributed by atoms with Crippen molar-refractivity contribution in [2.45, 2.75) is 13.1 Å². The number of amides is 1. The second kappa shape index (κ2) is 6.84. The van der Waals surface area contributed by atoms with E-state index >= 15 is 0 Å². The monoisotopic (exact) mass is 385 g/mol. The molecule has 1 amide bonds. The summed E-state index contributed by atoms with van der Waals surface area (Å²) in [5.41, 5.74) is -0.677. The Bertz CT molecular complexity index is 771. The number of carbonyl (C=O) groups is 1. The first kappa shape index (κ1) is 16.4. The Hall–Kier alpha value is -2.00. The van der Waals surface area contributed by atoms with Crippen LogP contribution < -0.4 is 5.56 Å². The molecule has 0 saturated carbocycles. The van der Waals surface area contributed by atoms with E-state index in [0.717, 1.165) is 31.6 Å². The van der Waals surface area contributed by atoms with Crippen molar-refractivity contribution in [1.29, 1.82) is 0 Å². The van der Waals surface area contributed by atoms with Crippen LogP contribution in [0.4, 0.5) is 5.69 Å². The van der Waals surface area contributed by atoms with Crippen LogP contribution >= 0.6 is 27.3 Å². The summed E-state index contributed by atoms with van der Waals surface area (Å²) in [4.78, 5) is 36.4. The zero-order valence-corrected chi connectivity index (χ0v) is 14.0. The minimum Gasteiger partial charge on any atom is -0.339 e. The van der Waals surface area contributed by atoms with Crippen LogP contribution in [-0.2, 0) is 17.9 Å². The van der Waals surface area contributed by atoms with Crippen molar-refractivity contribution in [3.63, 3.8) is 0 Å². The van der Waals surface area contributed by atoms with E-state index < -0.39 is 10.5 Å². The number of hydrogen-bond donors (Lipinski definition) is 0. The Kier molecular flexibility index (Phi) is 5.09. The molecule has 0 unspecified atom stereocenters. The SMILES string of the molecule is CN(Cc1ccc(Br)s1)C(=O)Cn1cc([N+](=O)[O-])ccc1=O. The average molecular weight is 386 g/mol. The zero-order valence-electron chi connectivity index (χ0n) is 11.6. The van der Waals surface area contributed by atoms with Gasteiger partial charge in [0, 0.05) is 24.1 Å². The Morgan fingerprint density at radius 1 is 1.41 bits per heavy atom. The molecule has 22 heavy (non-hydrogen) atoms. The first-order chi connectivity index (χ1) is 10.4. The summed E-state index contributed by atoms with van der Waals surface area (Å²) in [5, 5.41) is 10.7. The fourth-order valence-electron chi connectivity index (χ4n) is 1.78. The second-order valence-corrected chi connectivity index (χ2v) is 7.11. The van der Waals surface area contributed by atoms with E-state index in [2.05, 4.69) is 15.9 Å². The molecule has 0 aliphatic heterocycles. The van der Waals surface area contributed by atoms with Crippen LogP contribution in [0.2, 0.25) is 0 Å². The lowest BCUT2D eigenvalue weighted by Crippen LogP contribution is -2.33. The fraction of sp³-hybridized carbons (Fsp3) is 0.231. The van der Waals surface area contributed by atoms with Crippen LogP contribution in [0.3, 0.4) is 0 Å². The number of hydrogen-bond acceptors (Lipinski definition) is 5. The van der Waals surface area contributed by atoms with Gasteiger partial charge in [-0.25, -0.2) is 0 Å². The van der Waals surface area contributed by atoms with Crippen LogP contribution in [0.5, 0.6) is 0 Å². The van der Waals surface area contributed by atoms with Gasteiger partial charge in [0.25, 0.3) is 11.2 Å². The third kappa shape index (κ3) is 4.01. The molecule has 0 radical (unpaired) electrons. The average Bonchev–Trinajstić information content (AvgIpc) is 2.86. The maximum absolute atomic E-state index is 12.1. The van der Waals surface area contributed by atoms with E-state index in [-0.39, 0.29) is 18.1 Å². The lowest BCUT2D eigenvalue weighted by Gasteiger charge is -2.16. The number of rotatable bonds is 5. The summed E-state index contributed by atoms with van der Waals surface area (Å²) in [6, 6.07) is 6.00. The van der Waals surface area contributed by atoms with Crippen molar-refractivity contribution in [2.75, 3.05) is 7.05 Å². The highest BCUT2D eigenvalue weighted by molar-refractivity contribution is 9.11. The van der Waals surface area contributed by atoms with Crippen LogP contribution in [0, 0.1) is 10.1 Å². The topological polar surface area (TPSA) is 85.4 Å². The molecule has 0 bridgehead atoms. The zero-order chi connectivity index (χ0) is 16.3. The summed E-state index contributed by atoms with van der Waals surface area (Å²) in [5.74, 6) is -0.299. The highest BCUT2D eigenvalue weighted by atomic mass is 79.9. The number of nitrogens with zero attached hydrogens (tertiary/aromatic N) is 3. The normalized spacial score (nSPS) is 10.5. The predicted molar refractivity (Wildman–Crippen MR) is 85.8 cm³/mol. The first-order valence-electron chi connectivity index (χ1n) is 6.20. The van der Waals surface area contributed by atoms with E-state index in [0.29, 0.717) is 6.54 Å². The van der Waals surface area contributed by atoms with Crippen molar-refractivity contribution in [3.8, 4) is 0 Å². The Labute approximate surface area is 138 Å². The molecule has 0 saturated heterocycles. The highest BCUT2D eigenvalue weighted by Crippen LogP contribution is 2.23. The molecule has 0 atom stereocenters. The van der Waals surface area contributed by atoms with E-state index in [4.69, 9.17) is 0 Å². The lowest BCUT2D eigenvalue weighted by molar-refractivity contribution is -0.385. The number of aromatic nitrogens is 1. The second-order valence-electron chi connectivity index (χ2n) is 4.57. The van der Waals surface area contributed by atoms with Crippen molar-refractivity contribution >= 4 is 38.9 Å². The lowest BCUT2D eigenvalue weighted by atomic mass is 10.4. The third-order valence-electron chi connectivity index (χ3n) is 2.93. The molecule has 2 aromatic rings. The molecule has 2 rings (SSSR count). The minimum atomic E-state index is -0.604. The maximum atomic E-state index is 12.1. The molecule has 2 aromatic heterocycles. The largest absolute Gasteiger partial charge is 0.339 e. The molecule has 116 valence electrons. The van der Waals surface area contributed by atoms with Crippen molar-refractivity contribution in [1.82, 2.24) is 9.47 Å². The van der Waals surface area contributed by atoms with Crippen LogP contribution in [-0.4, -0.2) is 27.3 Å². The number of halogens is 1. The van der Waals surface area contributed by atoms with Gasteiger partial charge in [0.15, 0.2) is 0 Å². The Balaban J connectivity index is 2.09. The van der Waals surface area contributed by atoms with E-state index in [1.165, 1.54) is 16.2 Å². The molecular formula is C13H12BrN3O4S. The summed E-state index contributed by atoms with van der Waals surface area (Å²) >= 11 is 4.86. The summed E-state index contributed by atoms with van der Waals surface area (Å²) in [7, 11) is 1.62. The predicted octanol–water partition coefficient (Wildman–Crippen LogP) is 2.24. The molecule has 0 fully saturated rings. The van der Waals surface area contributed by atoms with Gasteiger partial charge in [0.2, 0.25) is 5.91 Å². The van der Waals surface area contributed by atoms with Gasteiger partial charge in [-0.05, 0) is 28.1 Å². The molecule has 2 heterocycles. The molecule has 9 heteroatoms. The summed E-state index contributed by atoms with van der Waals surface area (Å²) < 4.78 is 2.01. The van der Waals surface area contributed by atoms with Gasteiger partial charge in [-0.15, -0.1) is 11.3 Å². The molecule has 7 nitrogen and oxygen atoms in total. The fourth-order valence-corrected chi connectivity index (χ4v) is 3.31. The molecule has 0 N–H and O–H groups in total. The highest BCUT2D eigenvalue weighted by Gasteiger charge is 2.14. The quantitative estimate of drug-likeness (QED) is 0.583. The number of nitro groups is 1. The van der Waals surface area contributed by atoms with E-state index in [1.807, 2.05) is 12.1 Å². The van der Waals surface area contributed by atoms with Gasteiger partial charge in [-0.3, -0.25) is 24.3 Å². The van der Waals surface area contributed by atoms with Gasteiger partial charge in [-0.2, -0.15) is 0 Å². The van der Waals surface area contributed by atoms with E-state index in [1.54, 1.807) is 7.05 Å². The van der Waals surface area contributed by atoms with Gasteiger partial charge in [0.1, 0.15) is 6.54 Å². The Morgan fingerprint density at radius 3 is 2.73 bits per heavy atom. The van der Waals surface area contributed by atoms with Gasteiger partial charge >= 0.3 is 0 Å². The molecule has 0 spiro atoms. The van der Waals surface area contributed by atoms with Gasteiger partial charge in [0.05, 0.1) is 21.5 Å². The van der Waals surface area contributed by atoms with Crippen LogP contribution in [0.15, 0.2) is 39.0 Å². The van der Waals surface area contributed by atoms with E-state index in [9.17, 15) is 19.7 Å². The summed E-state index contributed by atoms with van der Waals surface area (Å²) in [6.07, 6.45) is 1.08. The van der Waals surface area contributed by atoms with Gasteiger partial charge in [-0.1, -0.05) is 0 Å². The molecular weight excluding hydrogens is 374 g/mol. The molecule has 0 aliphatic rings. The number of carbonyl (C=O) groups excluding carboxylic acids is 1. The molecule has 0 aliphatic carbocycles. The number of pyridine rings is 1. The van der Waals surface area contributed by atoms with Crippen molar-refractivity contribution < 1.29 is 9.72 Å². The maximum Gasteiger partial charge on any atom is 0.285 e.